The standard InChI is InChI=1S/C18H26N4O2S/c1-12(24-16-9-7-6-8-15(16)23-5)10-20-18(19-4)21-11-17-22-13(2)14(3)25-17/h6-9,12H,10-11H2,1-5H3,(H2,19,20,21). The summed E-state index contributed by atoms with van der Waals surface area (Å²) >= 11 is 1.70. The maximum absolute atomic E-state index is 5.93. The number of methoxy groups -OCH3 is 1. The van der Waals surface area contributed by atoms with Crippen LogP contribution in [0, 0.1) is 13.8 Å². The first-order valence-corrected chi connectivity index (χ1v) is 9.02. The fourth-order valence-electron chi connectivity index (χ4n) is 2.21. The fraction of sp³-hybridized carbons (Fsp3) is 0.444. The van der Waals surface area contributed by atoms with E-state index in [1.165, 1.54) is 4.88 Å². The Balaban J connectivity index is 1.81. The van der Waals surface area contributed by atoms with E-state index in [1.807, 2.05) is 38.1 Å². The third-order valence-electron chi connectivity index (χ3n) is 3.66. The smallest absolute Gasteiger partial charge is 0.191 e. The molecule has 2 aromatic rings. The molecule has 1 aromatic carbocycles. The Bertz CT molecular complexity index is 695. The first-order chi connectivity index (χ1) is 12.0. The van der Waals surface area contributed by atoms with Crippen LogP contribution < -0.4 is 20.1 Å². The molecule has 2 rings (SSSR count). The molecule has 136 valence electrons. The predicted molar refractivity (Wildman–Crippen MR) is 103 cm³/mol. The Morgan fingerprint density at radius 3 is 2.56 bits per heavy atom. The van der Waals surface area contributed by atoms with Crippen molar-refractivity contribution in [3.05, 3.63) is 39.8 Å². The molecule has 0 aliphatic rings. The Kier molecular flexibility index (Phi) is 7.06. The number of hydrogen-bond donors (Lipinski definition) is 2. The largest absolute Gasteiger partial charge is 0.493 e. The lowest BCUT2D eigenvalue weighted by Crippen LogP contribution is -2.41. The van der Waals surface area contributed by atoms with E-state index < -0.39 is 0 Å². The van der Waals surface area contributed by atoms with Gasteiger partial charge in [-0.1, -0.05) is 12.1 Å². The Morgan fingerprint density at radius 2 is 1.96 bits per heavy atom. The lowest BCUT2D eigenvalue weighted by Gasteiger charge is -2.18. The maximum Gasteiger partial charge on any atom is 0.191 e. The van der Waals surface area contributed by atoms with Crippen molar-refractivity contribution in [3.63, 3.8) is 0 Å². The van der Waals surface area contributed by atoms with Crippen LogP contribution in [0.25, 0.3) is 0 Å². The Hall–Kier alpha value is -2.28. The topological polar surface area (TPSA) is 67.8 Å². The number of rotatable bonds is 7. The molecule has 1 heterocycles. The quantitative estimate of drug-likeness (QED) is 0.586. The van der Waals surface area contributed by atoms with Crippen molar-refractivity contribution in [1.29, 1.82) is 0 Å². The Morgan fingerprint density at radius 1 is 1.24 bits per heavy atom. The molecule has 0 amide bonds. The molecular formula is C18H26N4O2S. The van der Waals surface area contributed by atoms with E-state index >= 15 is 0 Å². The van der Waals surface area contributed by atoms with Crippen molar-refractivity contribution in [2.24, 2.45) is 4.99 Å². The zero-order valence-corrected chi connectivity index (χ0v) is 16.2. The number of para-hydroxylation sites is 2. The normalized spacial score (nSPS) is 12.6. The van der Waals surface area contributed by atoms with Crippen LogP contribution in [0.15, 0.2) is 29.3 Å². The van der Waals surface area contributed by atoms with E-state index in [0.29, 0.717) is 13.1 Å². The second kappa shape index (κ2) is 9.27. The van der Waals surface area contributed by atoms with Gasteiger partial charge in [0.05, 0.1) is 25.9 Å². The number of aryl methyl sites for hydroxylation is 2. The second-order valence-corrected chi connectivity index (χ2v) is 6.92. The van der Waals surface area contributed by atoms with Crippen LogP contribution in [0.5, 0.6) is 11.5 Å². The predicted octanol–water partition coefficient (Wildman–Crippen LogP) is 2.90. The lowest BCUT2D eigenvalue weighted by atomic mass is 10.3. The highest BCUT2D eigenvalue weighted by Crippen LogP contribution is 2.26. The van der Waals surface area contributed by atoms with Gasteiger partial charge in [-0.2, -0.15) is 0 Å². The average Bonchev–Trinajstić information content (AvgIpc) is 2.93. The molecule has 0 spiro atoms. The number of guanidine groups is 1. The van der Waals surface area contributed by atoms with Gasteiger partial charge in [0.15, 0.2) is 17.5 Å². The fourth-order valence-corrected chi connectivity index (χ4v) is 3.08. The summed E-state index contributed by atoms with van der Waals surface area (Å²) < 4.78 is 11.2. The van der Waals surface area contributed by atoms with Gasteiger partial charge in [-0.15, -0.1) is 11.3 Å². The van der Waals surface area contributed by atoms with E-state index in [9.17, 15) is 0 Å². The minimum absolute atomic E-state index is 0.0424. The molecule has 0 radical (unpaired) electrons. The van der Waals surface area contributed by atoms with Gasteiger partial charge in [-0.3, -0.25) is 4.99 Å². The first kappa shape index (κ1) is 19.1. The van der Waals surface area contributed by atoms with E-state index in [4.69, 9.17) is 9.47 Å². The van der Waals surface area contributed by atoms with Gasteiger partial charge in [-0.25, -0.2) is 4.98 Å². The Labute approximate surface area is 153 Å². The number of aliphatic imine (C=N–C) groups is 1. The number of aromatic nitrogens is 1. The molecule has 0 aliphatic carbocycles. The summed E-state index contributed by atoms with van der Waals surface area (Å²) in [4.78, 5) is 10.0. The SMILES string of the molecule is CN=C(NCc1nc(C)c(C)s1)NCC(C)Oc1ccccc1OC. The van der Waals surface area contributed by atoms with Gasteiger partial charge >= 0.3 is 0 Å². The summed E-state index contributed by atoms with van der Waals surface area (Å²) in [5.74, 6) is 2.18. The maximum atomic E-state index is 5.93. The number of thiazole rings is 1. The van der Waals surface area contributed by atoms with Gasteiger partial charge in [0.1, 0.15) is 11.1 Å². The van der Waals surface area contributed by atoms with E-state index in [0.717, 1.165) is 28.2 Å². The van der Waals surface area contributed by atoms with Crippen LogP contribution in [-0.2, 0) is 6.54 Å². The molecule has 0 aliphatic heterocycles. The minimum atomic E-state index is -0.0424. The molecule has 0 bridgehead atoms. The number of benzene rings is 1. The average molecular weight is 362 g/mol. The third-order valence-corrected chi connectivity index (χ3v) is 4.73. The summed E-state index contributed by atoms with van der Waals surface area (Å²) in [6.45, 7) is 7.38. The van der Waals surface area contributed by atoms with Crippen LogP contribution in [0.3, 0.4) is 0 Å². The molecule has 2 N–H and O–H groups in total. The first-order valence-electron chi connectivity index (χ1n) is 8.20. The van der Waals surface area contributed by atoms with Crippen LogP contribution in [-0.4, -0.2) is 37.7 Å². The van der Waals surface area contributed by atoms with Crippen LogP contribution >= 0.6 is 11.3 Å². The van der Waals surface area contributed by atoms with E-state index in [2.05, 4.69) is 27.5 Å². The van der Waals surface area contributed by atoms with Gasteiger partial charge in [0.25, 0.3) is 0 Å². The second-order valence-electron chi connectivity index (χ2n) is 5.64. The van der Waals surface area contributed by atoms with Crippen molar-refractivity contribution < 1.29 is 9.47 Å². The van der Waals surface area contributed by atoms with Crippen LogP contribution in [0.1, 0.15) is 22.5 Å². The molecule has 0 saturated heterocycles. The highest BCUT2D eigenvalue weighted by Gasteiger charge is 2.10. The highest BCUT2D eigenvalue weighted by molar-refractivity contribution is 7.11. The number of nitrogens with one attached hydrogen (secondary N) is 2. The molecule has 7 heteroatoms. The monoisotopic (exact) mass is 362 g/mol. The minimum Gasteiger partial charge on any atom is -0.493 e. The summed E-state index contributed by atoms with van der Waals surface area (Å²) in [5, 5.41) is 7.60. The third kappa shape index (κ3) is 5.63. The molecule has 25 heavy (non-hydrogen) atoms. The molecule has 6 nitrogen and oxygen atoms in total. The van der Waals surface area contributed by atoms with Crippen molar-refractivity contribution in [2.75, 3.05) is 20.7 Å². The molecule has 0 saturated carbocycles. The van der Waals surface area contributed by atoms with Gasteiger partial charge in [-0.05, 0) is 32.9 Å². The van der Waals surface area contributed by atoms with E-state index in [1.54, 1.807) is 25.5 Å². The summed E-state index contributed by atoms with van der Waals surface area (Å²) in [5.41, 5.74) is 1.09. The summed E-state index contributed by atoms with van der Waals surface area (Å²) in [6, 6.07) is 7.63. The molecule has 1 atom stereocenters. The van der Waals surface area contributed by atoms with Gasteiger partial charge in [0.2, 0.25) is 0 Å². The van der Waals surface area contributed by atoms with E-state index in [-0.39, 0.29) is 6.10 Å². The number of nitrogens with zero attached hydrogens (tertiary/aromatic N) is 2. The molecule has 1 unspecified atom stereocenters. The van der Waals surface area contributed by atoms with Crippen molar-refractivity contribution in [3.8, 4) is 11.5 Å². The van der Waals surface area contributed by atoms with Crippen LogP contribution in [0.4, 0.5) is 0 Å². The van der Waals surface area contributed by atoms with Crippen molar-refractivity contribution in [2.45, 2.75) is 33.4 Å². The molecule has 0 fully saturated rings. The zero-order chi connectivity index (χ0) is 18.2. The summed E-state index contributed by atoms with van der Waals surface area (Å²) in [6.07, 6.45) is -0.0424. The number of ether oxygens (including phenoxy) is 2. The van der Waals surface area contributed by atoms with Crippen molar-refractivity contribution >= 4 is 17.3 Å². The zero-order valence-electron chi connectivity index (χ0n) is 15.4. The number of hydrogen-bond acceptors (Lipinski definition) is 5. The van der Waals surface area contributed by atoms with Gasteiger partial charge < -0.3 is 20.1 Å². The highest BCUT2D eigenvalue weighted by atomic mass is 32.1. The van der Waals surface area contributed by atoms with Crippen molar-refractivity contribution in [1.82, 2.24) is 15.6 Å². The molecule has 1 aromatic heterocycles. The molecular weight excluding hydrogens is 336 g/mol. The van der Waals surface area contributed by atoms with Gasteiger partial charge in [0, 0.05) is 11.9 Å². The summed E-state index contributed by atoms with van der Waals surface area (Å²) in [7, 11) is 3.39. The lowest BCUT2D eigenvalue weighted by molar-refractivity contribution is 0.213. The van der Waals surface area contributed by atoms with Crippen LogP contribution in [0.2, 0.25) is 0 Å².